The fourth-order valence-corrected chi connectivity index (χ4v) is 2.96. The van der Waals surface area contributed by atoms with Gasteiger partial charge in [-0.05, 0) is 55.2 Å². The average molecular weight is 314 g/mol. The number of carbonyl (C=O) groups is 1. The highest BCUT2D eigenvalue weighted by molar-refractivity contribution is 5.79. The summed E-state index contributed by atoms with van der Waals surface area (Å²) in [4.78, 5) is 11.0. The third-order valence-electron chi connectivity index (χ3n) is 4.32. The molecule has 0 heterocycles. The van der Waals surface area contributed by atoms with Gasteiger partial charge in [0.05, 0.1) is 19.8 Å². The Morgan fingerprint density at radius 1 is 1.00 bits per heavy atom. The van der Waals surface area contributed by atoms with Crippen molar-refractivity contribution in [3.8, 4) is 17.2 Å². The first-order valence-corrected chi connectivity index (χ1v) is 7.42. The van der Waals surface area contributed by atoms with Crippen molar-refractivity contribution in [3.63, 3.8) is 0 Å². The molecule has 0 amide bonds. The molecule has 4 nitrogen and oxygen atoms in total. The molecule has 0 unspecified atom stereocenters. The van der Waals surface area contributed by atoms with E-state index in [9.17, 15) is 9.90 Å². The Balaban J connectivity index is 2.59. The van der Waals surface area contributed by atoms with E-state index in [0.717, 1.165) is 39.3 Å². The largest absolute Gasteiger partial charge is 0.507 e. The number of benzene rings is 2. The zero-order chi connectivity index (χ0) is 17.1. The molecule has 1 N–H and O–H groups in total. The number of hydrogen-bond donors (Lipinski definition) is 1. The van der Waals surface area contributed by atoms with Crippen molar-refractivity contribution in [2.75, 3.05) is 14.2 Å². The van der Waals surface area contributed by atoms with Crippen LogP contribution < -0.4 is 9.47 Å². The highest BCUT2D eigenvalue weighted by Crippen LogP contribution is 2.38. The van der Waals surface area contributed by atoms with Gasteiger partial charge in [0.1, 0.15) is 17.2 Å². The molecule has 4 heteroatoms. The van der Waals surface area contributed by atoms with Gasteiger partial charge in [-0.25, -0.2) is 0 Å². The van der Waals surface area contributed by atoms with Crippen LogP contribution in [-0.4, -0.2) is 25.6 Å². The smallest absolute Gasteiger partial charge is 0.153 e. The minimum absolute atomic E-state index is 0.00916. The summed E-state index contributed by atoms with van der Waals surface area (Å²) in [5.74, 6) is 1.68. The number of rotatable bonds is 5. The van der Waals surface area contributed by atoms with Gasteiger partial charge >= 0.3 is 0 Å². The average Bonchev–Trinajstić information content (AvgIpc) is 2.55. The van der Waals surface area contributed by atoms with Crippen LogP contribution in [0.1, 0.15) is 38.2 Å². The molecule has 0 fully saturated rings. The van der Waals surface area contributed by atoms with E-state index in [2.05, 4.69) is 0 Å². The molecule has 0 bridgehead atoms. The number of methoxy groups -OCH3 is 2. The molecule has 0 radical (unpaired) electrons. The summed E-state index contributed by atoms with van der Waals surface area (Å²) in [6.45, 7) is 6.02. The van der Waals surface area contributed by atoms with Gasteiger partial charge in [0.25, 0.3) is 0 Å². The van der Waals surface area contributed by atoms with Gasteiger partial charge in [-0.15, -0.1) is 0 Å². The lowest BCUT2D eigenvalue weighted by molar-refractivity contribution is 0.112. The minimum atomic E-state index is -0.00916. The Bertz CT molecular complexity index is 748. The van der Waals surface area contributed by atoms with Crippen LogP contribution in [0.5, 0.6) is 17.2 Å². The number of carbonyl (C=O) groups excluding carboxylic acids is 1. The topological polar surface area (TPSA) is 55.8 Å². The van der Waals surface area contributed by atoms with Gasteiger partial charge in [0.2, 0.25) is 0 Å². The molecule has 122 valence electrons. The van der Waals surface area contributed by atoms with Crippen LogP contribution in [0.15, 0.2) is 18.2 Å². The van der Waals surface area contributed by atoms with E-state index in [1.807, 2.05) is 26.8 Å². The maximum atomic E-state index is 11.0. The normalized spacial score (nSPS) is 10.5. The van der Waals surface area contributed by atoms with Gasteiger partial charge in [-0.2, -0.15) is 0 Å². The Hall–Kier alpha value is -2.49. The standard InChI is InChI=1S/C19H22O4/c1-11-12(2)19(23-5)16(13(3)18(11)22-4)9-14-6-7-17(21)15(8-14)10-20/h6-8,10,21H,9H2,1-5H3. The second-order valence-electron chi connectivity index (χ2n) is 5.61. The quantitative estimate of drug-likeness (QED) is 0.854. The van der Waals surface area contributed by atoms with Crippen LogP contribution in [0.3, 0.4) is 0 Å². The van der Waals surface area contributed by atoms with E-state index in [0.29, 0.717) is 12.7 Å². The summed E-state index contributed by atoms with van der Waals surface area (Å²) in [5.41, 5.74) is 5.36. The van der Waals surface area contributed by atoms with Crippen molar-refractivity contribution >= 4 is 6.29 Å². The first-order valence-electron chi connectivity index (χ1n) is 7.42. The Labute approximate surface area is 136 Å². The molecule has 23 heavy (non-hydrogen) atoms. The summed E-state index contributed by atoms with van der Waals surface area (Å²) in [6, 6.07) is 5.05. The molecule has 0 aliphatic carbocycles. The predicted octanol–water partition coefficient (Wildman–Crippen LogP) is 3.74. The minimum Gasteiger partial charge on any atom is -0.507 e. The van der Waals surface area contributed by atoms with E-state index in [1.165, 1.54) is 0 Å². The van der Waals surface area contributed by atoms with Crippen molar-refractivity contribution < 1.29 is 19.4 Å². The molecular formula is C19H22O4. The highest BCUT2D eigenvalue weighted by atomic mass is 16.5. The van der Waals surface area contributed by atoms with Crippen molar-refractivity contribution in [3.05, 3.63) is 51.6 Å². The number of aromatic hydroxyl groups is 1. The lowest BCUT2D eigenvalue weighted by Gasteiger charge is -2.20. The fourth-order valence-electron chi connectivity index (χ4n) is 2.96. The molecule has 0 saturated heterocycles. The number of phenols is 1. The van der Waals surface area contributed by atoms with Crippen LogP contribution in [0.2, 0.25) is 0 Å². The van der Waals surface area contributed by atoms with Crippen LogP contribution in [0, 0.1) is 20.8 Å². The zero-order valence-corrected chi connectivity index (χ0v) is 14.2. The molecule has 2 rings (SSSR count). The Morgan fingerprint density at radius 3 is 2.17 bits per heavy atom. The van der Waals surface area contributed by atoms with Gasteiger partial charge in [0.15, 0.2) is 6.29 Å². The monoisotopic (exact) mass is 314 g/mol. The molecule has 0 spiro atoms. The van der Waals surface area contributed by atoms with E-state index in [4.69, 9.17) is 9.47 Å². The summed E-state index contributed by atoms with van der Waals surface area (Å²) < 4.78 is 11.2. The van der Waals surface area contributed by atoms with E-state index in [-0.39, 0.29) is 11.3 Å². The molecule has 0 atom stereocenters. The lowest BCUT2D eigenvalue weighted by Crippen LogP contribution is -2.05. The van der Waals surface area contributed by atoms with Crippen molar-refractivity contribution in [1.82, 2.24) is 0 Å². The molecule has 0 aliphatic rings. The molecular weight excluding hydrogens is 292 g/mol. The highest BCUT2D eigenvalue weighted by Gasteiger charge is 2.19. The summed E-state index contributed by atoms with van der Waals surface area (Å²) in [5, 5.41) is 9.64. The summed E-state index contributed by atoms with van der Waals surface area (Å²) in [7, 11) is 3.32. The third-order valence-corrected chi connectivity index (χ3v) is 4.32. The van der Waals surface area contributed by atoms with E-state index < -0.39 is 0 Å². The van der Waals surface area contributed by atoms with E-state index in [1.54, 1.807) is 26.4 Å². The lowest BCUT2D eigenvalue weighted by atomic mass is 9.92. The van der Waals surface area contributed by atoms with Gasteiger partial charge in [-0.3, -0.25) is 4.79 Å². The van der Waals surface area contributed by atoms with Crippen LogP contribution in [0.4, 0.5) is 0 Å². The van der Waals surface area contributed by atoms with E-state index >= 15 is 0 Å². The second kappa shape index (κ2) is 6.73. The Kier molecular flexibility index (Phi) is 4.94. The van der Waals surface area contributed by atoms with Gasteiger partial charge in [-0.1, -0.05) is 6.07 Å². The van der Waals surface area contributed by atoms with Crippen molar-refractivity contribution in [2.24, 2.45) is 0 Å². The van der Waals surface area contributed by atoms with Gasteiger partial charge < -0.3 is 14.6 Å². The maximum Gasteiger partial charge on any atom is 0.153 e. The summed E-state index contributed by atoms with van der Waals surface area (Å²) >= 11 is 0. The fraction of sp³-hybridized carbons (Fsp3) is 0.316. The van der Waals surface area contributed by atoms with Crippen molar-refractivity contribution in [2.45, 2.75) is 27.2 Å². The van der Waals surface area contributed by atoms with Crippen molar-refractivity contribution in [1.29, 1.82) is 0 Å². The van der Waals surface area contributed by atoms with Crippen LogP contribution in [0.25, 0.3) is 0 Å². The molecule has 0 saturated carbocycles. The summed E-state index contributed by atoms with van der Waals surface area (Å²) in [6.07, 6.45) is 1.25. The first-order chi connectivity index (χ1) is 10.9. The molecule has 0 aliphatic heterocycles. The third kappa shape index (κ3) is 3.02. The zero-order valence-electron chi connectivity index (χ0n) is 14.2. The maximum absolute atomic E-state index is 11.0. The number of ether oxygens (including phenoxy) is 2. The first kappa shape index (κ1) is 16.9. The molecule has 0 aromatic heterocycles. The number of aldehydes is 1. The molecule has 2 aromatic rings. The van der Waals surface area contributed by atoms with Crippen LogP contribution in [-0.2, 0) is 6.42 Å². The second-order valence-corrected chi connectivity index (χ2v) is 5.61. The molecule has 2 aromatic carbocycles. The SMILES string of the molecule is COc1c(C)c(C)c(OC)c(Cc2ccc(O)c(C=O)c2)c1C. The number of phenolic OH excluding ortho intramolecular Hbond substituents is 1. The van der Waals surface area contributed by atoms with Gasteiger partial charge in [0, 0.05) is 12.0 Å². The number of hydrogen-bond acceptors (Lipinski definition) is 4. The van der Waals surface area contributed by atoms with Crippen LogP contribution >= 0.6 is 0 Å². The predicted molar refractivity (Wildman–Crippen MR) is 90.1 cm³/mol. The Morgan fingerprint density at radius 2 is 1.61 bits per heavy atom.